The van der Waals surface area contributed by atoms with Crippen LogP contribution >= 0.6 is 11.6 Å². The maximum atomic E-state index is 11.9. The van der Waals surface area contributed by atoms with Crippen LogP contribution in [0.25, 0.3) is 0 Å². The standard InChI is InChI=1S/C14H19ClN2O4S/c1-10-12(15)5-2-6-13(10)17-14(18)9-22(19,20)16-8-11-4-3-7-21-11/h2,5-6,11,16H,3-4,7-9H2,1H3,(H,17,18). The molecule has 0 aliphatic carbocycles. The molecule has 122 valence electrons. The maximum Gasteiger partial charge on any atom is 0.241 e. The first-order valence-corrected chi connectivity index (χ1v) is 9.04. The van der Waals surface area contributed by atoms with Crippen LogP contribution in [-0.2, 0) is 19.6 Å². The second kappa shape index (κ2) is 7.41. The third kappa shape index (κ3) is 4.95. The van der Waals surface area contributed by atoms with E-state index < -0.39 is 21.7 Å². The predicted octanol–water partition coefficient (Wildman–Crippen LogP) is 1.69. The predicted molar refractivity (Wildman–Crippen MR) is 85.6 cm³/mol. The zero-order valence-electron chi connectivity index (χ0n) is 12.3. The molecule has 0 saturated carbocycles. The monoisotopic (exact) mass is 346 g/mol. The molecule has 0 bridgehead atoms. The highest BCUT2D eigenvalue weighted by Crippen LogP contribution is 2.22. The Kier molecular flexibility index (Phi) is 5.80. The van der Waals surface area contributed by atoms with Crippen molar-refractivity contribution in [2.75, 3.05) is 24.2 Å². The minimum atomic E-state index is -3.69. The number of sulfonamides is 1. The van der Waals surface area contributed by atoms with Crippen LogP contribution in [0.1, 0.15) is 18.4 Å². The lowest BCUT2D eigenvalue weighted by Crippen LogP contribution is -2.37. The van der Waals surface area contributed by atoms with Gasteiger partial charge in [0.15, 0.2) is 0 Å². The number of benzene rings is 1. The number of amides is 1. The smallest absolute Gasteiger partial charge is 0.241 e. The summed E-state index contributed by atoms with van der Waals surface area (Å²) in [6.45, 7) is 2.61. The van der Waals surface area contributed by atoms with E-state index in [1.54, 1.807) is 25.1 Å². The number of anilines is 1. The van der Waals surface area contributed by atoms with Crippen LogP contribution in [0.15, 0.2) is 18.2 Å². The van der Waals surface area contributed by atoms with Gasteiger partial charge < -0.3 is 10.1 Å². The van der Waals surface area contributed by atoms with E-state index >= 15 is 0 Å². The Morgan fingerprint density at radius 3 is 2.91 bits per heavy atom. The van der Waals surface area contributed by atoms with Crippen molar-refractivity contribution >= 4 is 33.2 Å². The van der Waals surface area contributed by atoms with E-state index in [4.69, 9.17) is 16.3 Å². The second-order valence-electron chi connectivity index (χ2n) is 5.20. The molecule has 2 rings (SSSR count). The summed E-state index contributed by atoms with van der Waals surface area (Å²) in [6.07, 6.45) is 1.66. The van der Waals surface area contributed by atoms with Crippen LogP contribution in [0.4, 0.5) is 5.69 Å². The highest BCUT2D eigenvalue weighted by molar-refractivity contribution is 7.90. The Balaban J connectivity index is 1.88. The van der Waals surface area contributed by atoms with Gasteiger partial charge in [0, 0.05) is 23.9 Å². The van der Waals surface area contributed by atoms with Crippen LogP contribution < -0.4 is 10.0 Å². The first-order chi connectivity index (χ1) is 10.4. The minimum absolute atomic E-state index is 0.104. The zero-order chi connectivity index (χ0) is 16.2. The molecule has 1 aliphatic rings. The molecular formula is C14H19ClN2O4S. The summed E-state index contributed by atoms with van der Waals surface area (Å²) in [7, 11) is -3.69. The molecule has 1 amide bonds. The van der Waals surface area contributed by atoms with Crippen molar-refractivity contribution in [3.05, 3.63) is 28.8 Å². The molecule has 0 radical (unpaired) electrons. The Morgan fingerprint density at radius 2 is 2.23 bits per heavy atom. The van der Waals surface area contributed by atoms with Gasteiger partial charge in [0.2, 0.25) is 15.9 Å². The molecule has 1 aromatic carbocycles. The summed E-state index contributed by atoms with van der Waals surface area (Å²) < 4.78 is 31.5. The summed E-state index contributed by atoms with van der Waals surface area (Å²) in [5, 5.41) is 3.07. The fraction of sp³-hybridized carbons (Fsp3) is 0.500. The van der Waals surface area contributed by atoms with Gasteiger partial charge in [0.25, 0.3) is 0 Å². The van der Waals surface area contributed by atoms with Crippen LogP contribution in [-0.4, -0.2) is 39.3 Å². The van der Waals surface area contributed by atoms with E-state index in [0.29, 0.717) is 22.9 Å². The number of carbonyl (C=O) groups is 1. The van der Waals surface area contributed by atoms with E-state index in [1.807, 2.05) is 0 Å². The van der Waals surface area contributed by atoms with Gasteiger partial charge in [-0.05, 0) is 37.5 Å². The van der Waals surface area contributed by atoms with Gasteiger partial charge in [-0.25, -0.2) is 13.1 Å². The summed E-state index contributed by atoms with van der Waals surface area (Å²) in [4.78, 5) is 11.9. The van der Waals surface area contributed by atoms with Crippen molar-refractivity contribution in [1.82, 2.24) is 4.72 Å². The first-order valence-electron chi connectivity index (χ1n) is 7.01. The van der Waals surface area contributed by atoms with Gasteiger partial charge in [-0.15, -0.1) is 0 Å². The molecule has 8 heteroatoms. The fourth-order valence-electron chi connectivity index (χ4n) is 2.18. The largest absolute Gasteiger partial charge is 0.377 e. The van der Waals surface area contributed by atoms with Crippen molar-refractivity contribution in [2.45, 2.75) is 25.9 Å². The summed E-state index contributed by atoms with van der Waals surface area (Å²) in [6, 6.07) is 5.06. The molecule has 1 fully saturated rings. The average Bonchev–Trinajstić information content (AvgIpc) is 2.94. The van der Waals surface area contributed by atoms with Crippen LogP contribution in [0, 0.1) is 6.92 Å². The van der Waals surface area contributed by atoms with Gasteiger partial charge in [0.05, 0.1) is 6.10 Å². The van der Waals surface area contributed by atoms with Crippen LogP contribution in [0.3, 0.4) is 0 Å². The molecular weight excluding hydrogens is 328 g/mol. The van der Waals surface area contributed by atoms with E-state index in [1.165, 1.54) is 0 Å². The number of hydrogen-bond donors (Lipinski definition) is 2. The topological polar surface area (TPSA) is 84.5 Å². The maximum absolute atomic E-state index is 11.9. The lowest BCUT2D eigenvalue weighted by atomic mass is 10.2. The third-order valence-corrected chi connectivity index (χ3v) is 5.08. The molecule has 1 aliphatic heterocycles. The molecule has 1 aromatic rings. The van der Waals surface area contributed by atoms with Gasteiger partial charge in [-0.2, -0.15) is 0 Å². The molecule has 1 atom stereocenters. The molecule has 22 heavy (non-hydrogen) atoms. The van der Waals surface area contributed by atoms with Crippen molar-refractivity contribution in [1.29, 1.82) is 0 Å². The first kappa shape index (κ1) is 17.2. The average molecular weight is 347 g/mol. The second-order valence-corrected chi connectivity index (χ2v) is 7.42. The van der Waals surface area contributed by atoms with Crippen molar-refractivity contribution in [3.8, 4) is 0 Å². The number of rotatable bonds is 6. The van der Waals surface area contributed by atoms with Crippen molar-refractivity contribution in [2.24, 2.45) is 0 Å². The Morgan fingerprint density at radius 1 is 1.45 bits per heavy atom. The van der Waals surface area contributed by atoms with Gasteiger partial charge in [0.1, 0.15) is 5.75 Å². The number of nitrogens with one attached hydrogen (secondary N) is 2. The molecule has 1 saturated heterocycles. The Labute approximate surface area is 135 Å². The lowest BCUT2D eigenvalue weighted by Gasteiger charge is -2.12. The van der Waals surface area contributed by atoms with E-state index in [9.17, 15) is 13.2 Å². The minimum Gasteiger partial charge on any atom is -0.377 e. The van der Waals surface area contributed by atoms with Crippen LogP contribution in [0.2, 0.25) is 5.02 Å². The van der Waals surface area contributed by atoms with E-state index in [0.717, 1.165) is 12.8 Å². The SMILES string of the molecule is Cc1c(Cl)cccc1NC(=O)CS(=O)(=O)NCC1CCCO1. The third-order valence-electron chi connectivity index (χ3n) is 3.42. The van der Waals surface area contributed by atoms with Gasteiger partial charge in [-0.1, -0.05) is 17.7 Å². The number of halogens is 1. The van der Waals surface area contributed by atoms with E-state index in [-0.39, 0.29) is 12.6 Å². The highest BCUT2D eigenvalue weighted by atomic mass is 35.5. The molecule has 2 N–H and O–H groups in total. The molecule has 1 heterocycles. The zero-order valence-corrected chi connectivity index (χ0v) is 13.8. The fourth-order valence-corrected chi connectivity index (χ4v) is 3.31. The van der Waals surface area contributed by atoms with Crippen LogP contribution in [0.5, 0.6) is 0 Å². The molecule has 6 nitrogen and oxygen atoms in total. The summed E-state index contributed by atoms with van der Waals surface area (Å²) >= 11 is 5.96. The quantitative estimate of drug-likeness (QED) is 0.820. The molecule has 1 unspecified atom stereocenters. The van der Waals surface area contributed by atoms with E-state index in [2.05, 4.69) is 10.0 Å². The summed E-state index contributed by atoms with van der Waals surface area (Å²) in [5.74, 6) is -1.24. The molecule has 0 spiro atoms. The van der Waals surface area contributed by atoms with Gasteiger partial charge in [-0.3, -0.25) is 4.79 Å². The number of carbonyl (C=O) groups excluding carboxylic acids is 1. The lowest BCUT2D eigenvalue weighted by molar-refractivity contribution is -0.113. The summed E-state index contributed by atoms with van der Waals surface area (Å²) in [5.41, 5.74) is 1.20. The van der Waals surface area contributed by atoms with Crippen molar-refractivity contribution in [3.63, 3.8) is 0 Å². The Bertz CT molecular complexity index is 642. The number of hydrogen-bond acceptors (Lipinski definition) is 4. The molecule has 0 aromatic heterocycles. The van der Waals surface area contributed by atoms with Gasteiger partial charge >= 0.3 is 0 Å². The highest BCUT2D eigenvalue weighted by Gasteiger charge is 2.21. The van der Waals surface area contributed by atoms with Crippen molar-refractivity contribution < 1.29 is 17.9 Å². The normalized spacial score (nSPS) is 18.4. The number of ether oxygens (including phenoxy) is 1. The Hall–Kier alpha value is -1.15.